The number of hydrogen-bond donors (Lipinski definition) is 1. The molecule has 0 bridgehead atoms. The Morgan fingerprint density at radius 2 is 1.85 bits per heavy atom. The number of rotatable bonds is 5. The van der Waals surface area contributed by atoms with Gasteiger partial charge in [0.05, 0.1) is 0 Å². The molecule has 0 spiro atoms. The topological polar surface area (TPSA) is 87.2 Å². The summed E-state index contributed by atoms with van der Waals surface area (Å²) >= 11 is 0. The van der Waals surface area contributed by atoms with Gasteiger partial charge in [-0.3, -0.25) is 14.6 Å². The van der Waals surface area contributed by atoms with Gasteiger partial charge in [0.25, 0.3) is 0 Å². The summed E-state index contributed by atoms with van der Waals surface area (Å²) < 4.78 is 5.48. The highest BCUT2D eigenvalue weighted by Crippen LogP contribution is 2.23. The lowest BCUT2D eigenvalue weighted by molar-refractivity contribution is -0.145. The molecular formula is C19H24N2O5. The number of aliphatic carboxylic acids is 1. The second kappa shape index (κ2) is 8.31. The van der Waals surface area contributed by atoms with Gasteiger partial charge in [-0.1, -0.05) is 24.3 Å². The molecule has 140 valence electrons. The molecule has 1 aliphatic carbocycles. The Labute approximate surface area is 152 Å². The lowest BCUT2D eigenvalue weighted by atomic mass is 10.1. The normalized spacial score (nSPS) is 21.5. The van der Waals surface area contributed by atoms with Crippen molar-refractivity contribution in [2.75, 3.05) is 19.6 Å². The molecule has 2 fully saturated rings. The van der Waals surface area contributed by atoms with Gasteiger partial charge >= 0.3 is 12.1 Å². The Morgan fingerprint density at radius 1 is 1.15 bits per heavy atom. The average molecular weight is 360 g/mol. The Morgan fingerprint density at radius 3 is 2.46 bits per heavy atom. The summed E-state index contributed by atoms with van der Waals surface area (Å²) in [4.78, 5) is 38.1. The molecule has 0 aromatic heterocycles. The summed E-state index contributed by atoms with van der Waals surface area (Å²) in [5, 5.41) is 9.56. The van der Waals surface area contributed by atoms with Crippen molar-refractivity contribution in [2.24, 2.45) is 0 Å². The number of carboxylic acids is 1. The van der Waals surface area contributed by atoms with E-state index in [1.165, 1.54) is 4.90 Å². The molecule has 0 radical (unpaired) electrons. The van der Waals surface area contributed by atoms with Crippen LogP contribution in [-0.4, -0.2) is 65.0 Å². The summed E-state index contributed by atoms with van der Waals surface area (Å²) in [5.41, 5.74) is 1.61. The third-order valence-corrected chi connectivity index (χ3v) is 5.08. The largest absolute Gasteiger partial charge is 0.480 e. The van der Waals surface area contributed by atoms with Crippen molar-refractivity contribution in [1.82, 2.24) is 9.80 Å². The zero-order valence-electron chi connectivity index (χ0n) is 14.7. The van der Waals surface area contributed by atoms with Gasteiger partial charge in [-0.2, -0.15) is 0 Å². The van der Waals surface area contributed by atoms with Crippen molar-refractivity contribution in [3.05, 3.63) is 35.4 Å². The fourth-order valence-electron chi connectivity index (χ4n) is 3.59. The van der Waals surface area contributed by atoms with Gasteiger partial charge in [0.15, 0.2) is 0 Å². The van der Waals surface area contributed by atoms with Crippen LogP contribution < -0.4 is 0 Å². The Kier molecular flexibility index (Phi) is 5.88. The molecule has 1 aromatic rings. The monoisotopic (exact) mass is 360 g/mol. The van der Waals surface area contributed by atoms with Crippen molar-refractivity contribution >= 4 is 18.3 Å². The number of benzene rings is 1. The summed E-state index contributed by atoms with van der Waals surface area (Å²) in [7, 11) is 0. The molecule has 1 N–H and O–H groups in total. The minimum Gasteiger partial charge on any atom is -0.480 e. The lowest BCUT2D eigenvalue weighted by Gasteiger charge is -2.39. The molecule has 1 aliphatic heterocycles. The van der Waals surface area contributed by atoms with E-state index in [1.54, 1.807) is 12.1 Å². The first-order valence-electron chi connectivity index (χ1n) is 9.03. The first-order chi connectivity index (χ1) is 12.6. The number of hydrogen-bond acceptors (Lipinski definition) is 5. The zero-order chi connectivity index (χ0) is 18.5. The van der Waals surface area contributed by atoms with Crippen LogP contribution in [0.15, 0.2) is 24.3 Å². The third kappa shape index (κ3) is 4.40. The molecule has 26 heavy (non-hydrogen) atoms. The van der Waals surface area contributed by atoms with Crippen LogP contribution >= 0.6 is 0 Å². The molecule has 1 amide bonds. The first-order valence-corrected chi connectivity index (χ1v) is 9.03. The first kappa shape index (κ1) is 18.4. The van der Waals surface area contributed by atoms with Crippen molar-refractivity contribution in [3.8, 4) is 0 Å². The summed E-state index contributed by atoms with van der Waals surface area (Å²) in [6.45, 7) is 1.74. The van der Waals surface area contributed by atoms with Crippen LogP contribution in [-0.2, 0) is 16.1 Å². The average Bonchev–Trinajstić information content (AvgIpc) is 3.15. The van der Waals surface area contributed by atoms with E-state index in [9.17, 15) is 19.5 Å². The van der Waals surface area contributed by atoms with E-state index in [4.69, 9.17) is 4.74 Å². The maximum absolute atomic E-state index is 12.4. The fraction of sp³-hybridized carbons (Fsp3) is 0.526. The number of carboxylic acid groups (broad SMARTS) is 1. The van der Waals surface area contributed by atoms with E-state index >= 15 is 0 Å². The van der Waals surface area contributed by atoms with Gasteiger partial charge in [-0.25, -0.2) is 9.59 Å². The Balaban J connectivity index is 1.60. The molecule has 7 nitrogen and oxygen atoms in total. The highest BCUT2D eigenvalue weighted by atomic mass is 16.6. The van der Waals surface area contributed by atoms with E-state index in [0.717, 1.165) is 37.5 Å². The second-order valence-electron chi connectivity index (χ2n) is 6.93. The van der Waals surface area contributed by atoms with Gasteiger partial charge < -0.3 is 9.84 Å². The summed E-state index contributed by atoms with van der Waals surface area (Å²) in [6.07, 6.45) is 4.03. The molecule has 1 unspecified atom stereocenters. The van der Waals surface area contributed by atoms with Crippen LogP contribution in [0.4, 0.5) is 4.79 Å². The molecule has 1 heterocycles. The van der Waals surface area contributed by atoms with Crippen molar-refractivity contribution in [1.29, 1.82) is 0 Å². The molecule has 1 saturated heterocycles. The molecule has 1 saturated carbocycles. The number of carbonyl (C=O) groups is 3. The number of piperazine rings is 1. The van der Waals surface area contributed by atoms with Crippen LogP contribution in [0.25, 0.3) is 0 Å². The van der Waals surface area contributed by atoms with Gasteiger partial charge in [0.2, 0.25) is 0 Å². The van der Waals surface area contributed by atoms with E-state index in [2.05, 4.69) is 0 Å². The van der Waals surface area contributed by atoms with Crippen LogP contribution in [0.2, 0.25) is 0 Å². The summed E-state index contributed by atoms with van der Waals surface area (Å²) in [6, 6.07) is 6.30. The highest BCUT2D eigenvalue weighted by Gasteiger charge is 2.37. The number of aldehydes is 1. The van der Waals surface area contributed by atoms with Crippen molar-refractivity contribution < 1.29 is 24.2 Å². The second-order valence-corrected chi connectivity index (χ2v) is 6.93. The number of carbonyl (C=O) groups excluding carboxylic acids is 2. The lowest BCUT2D eigenvalue weighted by Crippen LogP contribution is -2.58. The van der Waals surface area contributed by atoms with E-state index in [-0.39, 0.29) is 12.6 Å². The van der Waals surface area contributed by atoms with E-state index in [1.807, 2.05) is 17.0 Å². The number of amides is 1. The van der Waals surface area contributed by atoms with Crippen LogP contribution in [0, 0.1) is 0 Å². The van der Waals surface area contributed by atoms with Crippen molar-refractivity contribution in [2.45, 2.75) is 44.4 Å². The van der Waals surface area contributed by atoms with Gasteiger partial charge in [0, 0.05) is 31.7 Å². The Hall–Kier alpha value is -2.41. The molecule has 2 aliphatic rings. The van der Waals surface area contributed by atoms with E-state index in [0.29, 0.717) is 25.2 Å². The third-order valence-electron chi connectivity index (χ3n) is 5.08. The van der Waals surface area contributed by atoms with Crippen molar-refractivity contribution in [3.63, 3.8) is 0 Å². The van der Waals surface area contributed by atoms with Gasteiger partial charge in [0.1, 0.15) is 18.4 Å². The highest BCUT2D eigenvalue weighted by molar-refractivity contribution is 5.80. The molecule has 1 aromatic carbocycles. The number of ether oxygens (including phenoxy) is 1. The van der Waals surface area contributed by atoms with Crippen LogP contribution in [0.3, 0.4) is 0 Å². The molecular weight excluding hydrogens is 336 g/mol. The maximum Gasteiger partial charge on any atom is 0.410 e. The van der Waals surface area contributed by atoms with E-state index < -0.39 is 18.1 Å². The molecule has 3 rings (SSSR count). The Bertz CT molecular complexity index is 654. The fourth-order valence-corrected chi connectivity index (χ4v) is 3.59. The molecule has 1 atom stereocenters. The summed E-state index contributed by atoms with van der Waals surface area (Å²) in [5.74, 6) is -1.02. The minimum absolute atomic E-state index is 0.0775. The maximum atomic E-state index is 12.4. The van der Waals surface area contributed by atoms with Crippen LogP contribution in [0.1, 0.15) is 41.6 Å². The minimum atomic E-state index is -1.02. The quantitative estimate of drug-likeness (QED) is 0.810. The SMILES string of the molecule is O=Cc1ccc(CN2CCN(C(=O)OC3CCCC3)C(C(=O)O)C2)cc1. The standard InChI is InChI=1S/C19H24N2O5/c22-13-15-7-5-14(6-8-15)11-20-9-10-21(17(12-20)18(23)24)19(25)26-16-3-1-2-4-16/h5-8,13,16-17H,1-4,9-12H2,(H,23,24). The predicted molar refractivity (Wildman–Crippen MR) is 94.0 cm³/mol. The van der Waals surface area contributed by atoms with Gasteiger partial charge in [-0.15, -0.1) is 0 Å². The predicted octanol–water partition coefficient (Wildman–Crippen LogP) is 2.15. The zero-order valence-corrected chi connectivity index (χ0v) is 14.7. The molecule has 7 heteroatoms. The van der Waals surface area contributed by atoms with Gasteiger partial charge in [-0.05, 0) is 31.2 Å². The van der Waals surface area contributed by atoms with Crippen LogP contribution in [0.5, 0.6) is 0 Å². The number of nitrogens with zero attached hydrogens (tertiary/aromatic N) is 2. The smallest absolute Gasteiger partial charge is 0.410 e.